The molecule has 0 saturated carbocycles. The number of aromatic nitrogens is 1. The van der Waals surface area contributed by atoms with Crippen molar-refractivity contribution in [1.82, 2.24) is 10.3 Å². The highest BCUT2D eigenvalue weighted by Gasteiger charge is 2.49. The summed E-state index contributed by atoms with van der Waals surface area (Å²) >= 11 is 0. The normalized spacial score (nSPS) is 22.1. The number of pyridine rings is 1. The first-order valence-electron chi connectivity index (χ1n) is 11.5. The monoisotopic (exact) mass is 460 g/mol. The average Bonchev–Trinajstić information content (AvgIpc) is 2.84. The molecular weight excluding hydrogens is 432 g/mol. The molecule has 3 unspecified atom stereocenters. The number of nitrogens with zero attached hydrogens (tertiary/aromatic N) is 1. The highest BCUT2D eigenvalue weighted by molar-refractivity contribution is 6.13. The molecule has 0 radical (unpaired) electrons. The smallest absolute Gasteiger partial charge is 0.336 e. The molecule has 0 fully saturated rings. The maximum atomic E-state index is 14.1. The molecule has 1 aromatic carbocycles. The minimum atomic E-state index is -1.02. The van der Waals surface area contributed by atoms with Gasteiger partial charge >= 0.3 is 11.9 Å². The molecule has 0 amide bonds. The van der Waals surface area contributed by atoms with E-state index in [-0.39, 0.29) is 24.9 Å². The number of rotatable bonds is 6. The number of ether oxygens (including phenoxy) is 2. The molecule has 1 N–H and O–H groups in total. The Morgan fingerprint density at radius 2 is 1.74 bits per heavy atom. The van der Waals surface area contributed by atoms with E-state index in [1.165, 1.54) is 0 Å². The third-order valence-electron chi connectivity index (χ3n) is 6.27. The molecule has 0 saturated heterocycles. The van der Waals surface area contributed by atoms with Gasteiger partial charge in [0.1, 0.15) is 5.92 Å². The molecule has 0 spiro atoms. The van der Waals surface area contributed by atoms with Crippen LogP contribution in [0.25, 0.3) is 0 Å². The van der Waals surface area contributed by atoms with Crippen molar-refractivity contribution in [3.05, 3.63) is 88.5 Å². The number of hydrogen-bond acceptors (Lipinski definition) is 7. The minimum Gasteiger partial charge on any atom is -0.465 e. The standard InChI is InChI=1S/C27H28N2O5/c1-4-33-26(31)21-16(3)29-20-15-18(17-11-7-6-8-12-17)22(27(32)34-5-2)25(30)24(20)23(21)19-13-9-10-14-28-19/h6-14,18,22-23,29H,4-5,15H2,1-3H3. The first-order chi connectivity index (χ1) is 16.5. The Labute approximate surface area is 198 Å². The summed E-state index contributed by atoms with van der Waals surface area (Å²) in [6.07, 6.45) is 2.05. The Morgan fingerprint density at radius 3 is 2.38 bits per heavy atom. The van der Waals surface area contributed by atoms with Crippen molar-refractivity contribution in [3.63, 3.8) is 0 Å². The van der Waals surface area contributed by atoms with Crippen LogP contribution < -0.4 is 5.32 Å². The Balaban J connectivity index is 1.88. The number of ketones is 1. The molecule has 2 heterocycles. The van der Waals surface area contributed by atoms with Gasteiger partial charge in [-0.1, -0.05) is 36.4 Å². The molecule has 3 atom stereocenters. The number of esters is 2. The van der Waals surface area contributed by atoms with Crippen LogP contribution >= 0.6 is 0 Å². The van der Waals surface area contributed by atoms with Gasteiger partial charge in [-0.25, -0.2) is 4.79 Å². The summed E-state index contributed by atoms with van der Waals surface area (Å²) < 4.78 is 10.7. The van der Waals surface area contributed by atoms with Gasteiger partial charge in [-0.2, -0.15) is 0 Å². The van der Waals surface area contributed by atoms with Gasteiger partial charge in [-0.3, -0.25) is 14.6 Å². The molecule has 1 aliphatic heterocycles. The Morgan fingerprint density at radius 1 is 1.03 bits per heavy atom. The first-order valence-corrected chi connectivity index (χ1v) is 11.5. The largest absolute Gasteiger partial charge is 0.465 e. The number of dihydropyridines is 1. The zero-order valence-corrected chi connectivity index (χ0v) is 19.5. The van der Waals surface area contributed by atoms with Crippen LogP contribution in [0.4, 0.5) is 0 Å². The van der Waals surface area contributed by atoms with Crippen molar-refractivity contribution < 1.29 is 23.9 Å². The third kappa shape index (κ3) is 4.25. The number of hydrogen-bond donors (Lipinski definition) is 1. The van der Waals surface area contributed by atoms with E-state index in [0.717, 1.165) is 5.56 Å². The Hall–Kier alpha value is -3.74. The van der Waals surface area contributed by atoms with Crippen LogP contribution in [-0.2, 0) is 23.9 Å². The summed E-state index contributed by atoms with van der Waals surface area (Å²) in [6.45, 7) is 5.62. The maximum Gasteiger partial charge on any atom is 0.336 e. The summed E-state index contributed by atoms with van der Waals surface area (Å²) in [4.78, 5) is 44.6. The minimum absolute atomic E-state index is 0.172. The van der Waals surface area contributed by atoms with Gasteiger partial charge in [0.2, 0.25) is 0 Å². The topological polar surface area (TPSA) is 94.6 Å². The molecule has 34 heavy (non-hydrogen) atoms. The molecule has 1 aromatic heterocycles. The van der Waals surface area contributed by atoms with Crippen molar-refractivity contribution in [2.45, 2.75) is 39.0 Å². The van der Waals surface area contributed by atoms with Crippen molar-refractivity contribution >= 4 is 17.7 Å². The predicted octanol–water partition coefficient (Wildman–Crippen LogP) is 3.80. The van der Waals surface area contributed by atoms with E-state index in [1.54, 1.807) is 39.1 Å². The third-order valence-corrected chi connectivity index (χ3v) is 6.27. The number of allylic oxidation sites excluding steroid dienone is 3. The lowest BCUT2D eigenvalue weighted by atomic mass is 9.67. The van der Waals surface area contributed by atoms with E-state index in [4.69, 9.17) is 9.47 Å². The van der Waals surface area contributed by atoms with Crippen LogP contribution in [0, 0.1) is 5.92 Å². The fourth-order valence-electron chi connectivity index (χ4n) is 4.87. The molecular formula is C27H28N2O5. The van der Waals surface area contributed by atoms with Crippen molar-refractivity contribution in [3.8, 4) is 0 Å². The maximum absolute atomic E-state index is 14.1. The summed E-state index contributed by atoms with van der Waals surface area (Å²) in [5.41, 5.74) is 3.44. The molecule has 7 nitrogen and oxygen atoms in total. The zero-order chi connectivity index (χ0) is 24.2. The van der Waals surface area contributed by atoms with Crippen LogP contribution in [0.1, 0.15) is 50.3 Å². The quantitative estimate of drug-likeness (QED) is 0.518. The number of nitrogens with one attached hydrogen (secondary N) is 1. The van der Waals surface area contributed by atoms with Crippen LogP contribution in [0.15, 0.2) is 77.3 Å². The molecule has 2 aliphatic rings. The van der Waals surface area contributed by atoms with Gasteiger partial charge in [-0.15, -0.1) is 0 Å². The van der Waals surface area contributed by atoms with Gasteiger partial charge in [0, 0.05) is 29.1 Å². The van der Waals surface area contributed by atoms with Crippen molar-refractivity contribution in [2.24, 2.45) is 5.92 Å². The highest BCUT2D eigenvalue weighted by atomic mass is 16.5. The zero-order valence-electron chi connectivity index (χ0n) is 19.5. The van der Waals surface area contributed by atoms with Crippen molar-refractivity contribution in [2.75, 3.05) is 13.2 Å². The Bertz CT molecular complexity index is 1150. The highest BCUT2D eigenvalue weighted by Crippen LogP contribution is 2.47. The second kappa shape index (κ2) is 10.0. The van der Waals surface area contributed by atoms with E-state index in [0.29, 0.717) is 34.7 Å². The molecule has 0 bridgehead atoms. The molecule has 176 valence electrons. The van der Waals surface area contributed by atoms with Gasteiger partial charge < -0.3 is 14.8 Å². The summed E-state index contributed by atoms with van der Waals surface area (Å²) in [7, 11) is 0. The van der Waals surface area contributed by atoms with Crippen LogP contribution in [0.5, 0.6) is 0 Å². The SMILES string of the molecule is CCOC(=O)C1=C(C)NC2=C(C(=O)C(C(=O)OCC)C(c3ccccc3)C2)C1c1ccccn1. The van der Waals surface area contributed by atoms with Crippen LogP contribution in [-0.4, -0.2) is 35.9 Å². The number of carbonyl (C=O) groups is 3. The lowest BCUT2D eigenvalue weighted by Crippen LogP contribution is -2.43. The molecule has 1 aliphatic carbocycles. The van der Waals surface area contributed by atoms with E-state index in [1.807, 2.05) is 36.4 Å². The fourth-order valence-corrected chi connectivity index (χ4v) is 4.87. The van der Waals surface area contributed by atoms with E-state index in [9.17, 15) is 14.4 Å². The van der Waals surface area contributed by atoms with Gasteiger partial charge in [0.05, 0.1) is 30.4 Å². The lowest BCUT2D eigenvalue weighted by molar-refractivity contribution is -0.152. The lowest BCUT2D eigenvalue weighted by Gasteiger charge is -2.39. The first kappa shape index (κ1) is 23.4. The van der Waals surface area contributed by atoms with E-state index < -0.39 is 23.8 Å². The second-order valence-corrected chi connectivity index (χ2v) is 8.28. The van der Waals surface area contributed by atoms with Gasteiger partial charge in [0.15, 0.2) is 5.78 Å². The average molecular weight is 461 g/mol. The van der Waals surface area contributed by atoms with Gasteiger partial charge in [0.25, 0.3) is 0 Å². The van der Waals surface area contributed by atoms with Gasteiger partial charge in [-0.05, 0) is 44.9 Å². The van der Waals surface area contributed by atoms with E-state index in [2.05, 4.69) is 10.3 Å². The summed E-state index contributed by atoms with van der Waals surface area (Å²) in [5, 5.41) is 3.29. The number of Topliss-reactive ketones (excluding diaryl/α,β-unsaturated/α-hetero) is 1. The van der Waals surface area contributed by atoms with Crippen molar-refractivity contribution in [1.29, 1.82) is 0 Å². The Kier molecular flexibility index (Phi) is 6.91. The van der Waals surface area contributed by atoms with E-state index >= 15 is 0 Å². The van der Waals surface area contributed by atoms with Crippen LogP contribution in [0.3, 0.4) is 0 Å². The molecule has 4 rings (SSSR count). The molecule has 2 aromatic rings. The van der Waals surface area contributed by atoms with Crippen LogP contribution in [0.2, 0.25) is 0 Å². The number of carbonyl (C=O) groups excluding carboxylic acids is 3. The number of benzene rings is 1. The second-order valence-electron chi connectivity index (χ2n) is 8.28. The summed E-state index contributed by atoms with van der Waals surface area (Å²) in [5.74, 6) is -3.57. The fraction of sp³-hybridized carbons (Fsp3) is 0.333. The predicted molar refractivity (Wildman–Crippen MR) is 125 cm³/mol. The molecule has 7 heteroatoms. The summed E-state index contributed by atoms with van der Waals surface area (Å²) in [6, 6.07) is 14.9.